The molecule has 0 aromatic carbocycles. The van der Waals surface area contributed by atoms with Crippen molar-refractivity contribution in [3.63, 3.8) is 0 Å². The van der Waals surface area contributed by atoms with Crippen LogP contribution in [0.2, 0.25) is 0 Å². The minimum Gasteiger partial charge on any atom is -0.506 e. The Morgan fingerprint density at radius 1 is 0.941 bits per heavy atom. The quantitative estimate of drug-likeness (QED) is 0.420. The molecule has 0 radical (unpaired) electrons. The Bertz CT molecular complexity index is 831. The molecule has 9 heteroatoms. The van der Waals surface area contributed by atoms with E-state index < -0.39 is 41.2 Å². The first kappa shape index (κ1) is 29.2. The summed E-state index contributed by atoms with van der Waals surface area (Å²) >= 11 is 0. The first-order chi connectivity index (χ1) is 15.3. The lowest BCUT2D eigenvalue weighted by Gasteiger charge is -2.28. The molecule has 0 spiro atoms. The Kier molecular flexibility index (Phi) is 9.90. The fourth-order valence-electron chi connectivity index (χ4n) is 2.78. The number of carbonyl (C=O) groups is 3. The Morgan fingerprint density at radius 3 is 2.00 bits per heavy atom. The SMILES string of the molecule is CC(C)(C)COC(=O)[C@@H](Cc1ccc(O)cn1)C[C@H](NC(=O)OC(C)(C)C)C(=O)OC(C)(C)C. The van der Waals surface area contributed by atoms with Gasteiger partial charge in [0, 0.05) is 12.1 Å². The number of alkyl carbamates (subject to hydrolysis) is 1. The van der Waals surface area contributed by atoms with E-state index in [1.807, 2.05) is 20.8 Å². The number of pyridine rings is 1. The highest BCUT2D eigenvalue weighted by atomic mass is 16.6. The zero-order chi connectivity index (χ0) is 26.3. The van der Waals surface area contributed by atoms with Gasteiger partial charge in [0.2, 0.25) is 0 Å². The van der Waals surface area contributed by atoms with Crippen LogP contribution in [0.15, 0.2) is 18.3 Å². The van der Waals surface area contributed by atoms with Crippen molar-refractivity contribution >= 4 is 18.0 Å². The number of hydrogen-bond donors (Lipinski definition) is 2. The normalized spacial score (nSPS) is 14.0. The standard InChI is InChI=1S/C25H40N2O7/c1-23(2,3)15-32-20(29)16(12-17-10-11-18(28)14-26-17)13-19(21(30)33-24(4,5)6)27-22(31)34-25(7,8)9/h10-11,14,16,19,28H,12-13,15H2,1-9H3,(H,27,31)/t16-,19-/m0/s1. The van der Waals surface area contributed by atoms with E-state index in [1.54, 1.807) is 47.6 Å². The summed E-state index contributed by atoms with van der Waals surface area (Å²) in [6.07, 6.45) is 0.531. The molecule has 9 nitrogen and oxygen atoms in total. The van der Waals surface area contributed by atoms with Gasteiger partial charge in [0.15, 0.2) is 0 Å². The van der Waals surface area contributed by atoms with Crippen LogP contribution >= 0.6 is 0 Å². The second-order valence-electron chi connectivity index (χ2n) is 11.5. The molecule has 0 fully saturated rings. The highest BCUT2D eigenvalue weighted by Gasteiger charge is 2.34. The van der Waals surface area contributed by atoms with Crippen LogP contribution in [0.5, 0.6) is 5.75 Å². The zero-order valence-electron chi connectivity index (χ0n) is 21.9. The molecule has 0 aliphatic heterocycles. The molecule has 1 aromatic heterocycles. The number of nitrogens with zero attached hydrogens (tertiary/aromatic N) is 1. The van der Waals surface area contributed by atoms with Crippen LogP contribution in [-0.2, 0) is 30.2 Å². The summed E-state index contributed by atoms with van der Waals surface area (Å²) in [6, 6.07) is 1.89. The number of esters is 2. The number of hydrogen-bond acceptors (Lipinski definition) is 8. The van der Waals surface area contributed by atoms with Gasteiger partial charge in [0.25, 0.3) is 0 Å². The summed E-state index contributed by atoms with van der Waals surface area (Å²) in [7, 11) is 0. The van der Waals surface area contributed by atoms with Gasteiger partial charge in [-0.3, -0.25) is 9.78 Å². The van der Waals surface area contributed by atoms with Crippen molar-refractivity contribution in [2.75, 3.05) is 6.61 Å². The molecule has 2 N–H and O–H groups in total. The van der Waals surface area contributed by atoms with E-state index in [2.05, 4.69) is 10.3 Å². The van der Waals surface area contributed by atoms with Crippen LogP contribution in [0.25, 0.3) is 0 Å². The highest BCUT2D eigenvalue weighted by molar-refractivity contribution is 5.83. The molecule has 0 unspecified atom stereocenters. The van der Waals surface area contributed by atoms with E-state index in [1.165, 1.54) is 12.3 Å². The van der Waals surface area contributed by atoms with E-state index in [9.17, 15) is 19.5 Å². The summed E-state index contributed by atoms with van der Waals surface area (Å²) in [5.74, 6) is -2.03. The maximum Gasteiger partial charge on any atom is 0.408 e. The van der Waals surface area contributed by atoms with Crippen LogP contribution in [-0.4, -0.2) is 52.0 Å². The fraction of sp³-hybridized carbons (Fsp3) is 0.680. The lowest BCUT2D eigenvalue weighted by molar-refractivity contribution is -0.159. The molecule has 0 bridgehead atoms. The molecule has 1 amide bonds. The van der Waals surface area contributed by atoms with Crippen LogP contribution in [0.1, 0.15) is 74.4 Å². The molecule has 192 valence electrons. The van der Waals surface area contributed by atoms with Crippen LogP contribution in [0.4, 0.5) is 4.79 Å². The van der Waals surface area contributed by atoms with Crippen molar-refractivity contribution in [1.29, 1.82) is 0 Å². The molecule has 34 heavy (non-hydrogen) atoms. The first-order valence-electron chi connectivity index (χ1n) is 11.4. The van der Waals surface area contributed by atoms with Gasteiger partial charge in [-0.25, -0.2) is 9.59 Å². The second kappa shape index (κ2) is 11.5. The second-order valence-corrected chi connectivity index (χ2v) is 11.5. The third kappa shape index (κ3) is 12.4. The number of carbonyl (C=O) groups excluding carboxylic acids is 3. The lowest BCUT2D eigenvalue weighted by Crippen LogP contribution is -2.47. The molecular formula is C25H40N2O7. The number of aromatic nitrogens is 1. The van der Waals surface area contributed by atoms with E-state index in [4.69, 9.17) is 14.2 Å². The lowest BCUT2D eigenvalue weighted by atomic mass is 9.94. The summed E-state index contributed by atoms with van der Waals surface area (Å²) in [5.41, 5.74) is -1.30. The third-order valence-corrected chi connectivity index (χ3v) is 4.15. The van der Waals surface area contributed by atoms with E-state index in [0.717, 1.165) is 0 Å². The number of ether oxygens (including phenoxy) is 3. The largest absolute Gasteiger partial charge is 0.506 e. The predicted molar refractivity (Wildman–Crippen MR) is 127 cm³/mol. The predicted octanol–water partition coefficient (Wildman–Crippen LogP) is 4.16. The Labute approximate surface area is 202 Å². The number of nitrogens with one attached hydrogen (secondary N) is 1. The van der Waals surface area contributed by atoms with E-state index >= 15 is 0 Å². The van der Waals surface area contributed by atoms with Crippen molar-refractivity contribution in [3.8, 4) is 5.75 Å². The van der Waals surface area contributed by atoms with Crippen molar-refractivity contribution in [2.45, 2.75) is 92.4 Å². The smallest absolute Gasteiger partial charge is 0.408 e. The molecule has 0 saturated heterocycles. The van der Waals surface area contributed by atoms with Gasteiger partial charge in [-0.05, 0) is 65.5 Å². The van der Waals surface area contributed by atoms with Gasteiger partial charge in [-0.15, -0.1) is 0 Å². The summed E-state index contributed by atoms with van der Waals surface area (Å²) in [5, 5.41) is 12.1. The Balaban J connectivity index is 3.18. The van der Waals surface area contributed by atoms with Crippen molar-refractivity contribution in [3.05, 3.63) is 24.0 Å². The van der Waals surface area contributed by atoms with Crippen molar-refractivity contribution in [2.24, 2.45) is 11.3 Å². The Hall–Kier alpha value is -2.84. The summed E-state index contributed by atoms with van der Waals surface area (Å²) < 4.78 is 16.3. The summed E-state index contributed by atoms with van der Waals surface area (Å²) in [6.45, 7) is 16.2. The van der Waals surface area contributed by atoms with E-state index in [-0.39, 0.29) is 30.6 Å². The number of rotatable bonds is 8. The van der Waals surface area contributed by atoms with Crippen molar-refractivity contribution < 1.29 is 33.7 Å². The fourth-order valence-corrected chi connectivity index (χ4v) is 2.78. The van der Waals surface area contributed by atoms with Gasteiger partial charge in [0.1, 0.15) is 23.0 Å². The number of amides is 1. The topological polar surface area (TPSA) is 124 Å². The zero-order valence-corrected chi connectivity index (χ0v) is 21.9. The number of aromatic hydroxyl groups is 1. The molecule has 2 atom stereocenters. The van der Waals surface area contributed by atoms with Gasteiger partial charge in [-0.2, -0.15) is 0 Å². The minimum absolute atomic E-state index is 0.00571. The highest BCUT2D eigenvalue weighted by Crippen LogP contribution is 2.22. The maximum absolute atomic E-state index is 13.0. The molecule has 1 aromatic rings. The summed E-state index contributed by atoms with van der Waals surface area (Å²) in [4.78, 5) is 42.6. The van der Waals surface area contributed by atoms with Gasteiger partial charge >= 0.3 is 18.0 Å². The first-order valence-corrected chi connectivity index (χ1v) is 11.4. The molecule has 0 aliphatic rings. The minimum atomic E-state index is -1.15. The average molecular weight is 481 g/mol. The molecule has 1 heterocycles. The molecule has 0 saturated carbocycles. The van der Waals surface area contributed by atoms with Crippen LogP contribution in [0.3, 0.4) is 0 Å². The average Bonchev–Trinajstić information content (AvgIpc) is 2.63. The molecule has 0 aliphatic carbocycles. The van der Waals surface area contributed by atoms with Crippen molar-refractivity contribution in [1.82, 2.24) is 10.3 Å². The Morgan fingerprint density at radius 2 is 1.53 bits per heavy atom. The van der Waals surface area contributed by atoms with Gasteiger partial charge in [-0.1, -0.05) is 20.8 Å². The van der Waals surface area contributed by atoms with Crippen LogP contribution < -0.4 is 5.32 Å². The van der Waals surface area contributed by atoms with E-state index in [0.29, 0.717) is 5.69 Å². The maximum atomic E-state index is 13.0. The molecular weight excluding hydrogens is 440 g/mol. The van der Waals surface area contributed by atoms with Crippen LogP contribution in [0, 0.1) is 11.3 Å². The van der Waals surface area contributed by atoms with Gasteiger partial charge < -0.3 is 24.6 Å². The molecule has 1 rings (SSSR count). The van der Waals surface area contributed by atoms with Gasteiger partial charge in [0.05, 0.1) is 18.7 Å². The third-order valence-electron chi connectivity index (χ3n) is 4.15. The monoisotopic (exact) mass is 480 g/mol.